The van der Waals surface area contributed by atoms with Crippen LogP contribution in [0.5, 0.6) is 5.75 Å². The number of nitrogens with zero attached hydrogens (tertiary/aromatic N) is 1. The van der Waals surface area contributed by atoms with Crippen LogP contribution in [-0.2, 0) is 9.47 Å². The van der Waals surface area contributed by atoms with Crippen molar-refractivity contribution in [1.29, 1.82) is 0 Å². The maximum absolute atomic E-state index is 12.6. The first kappa shape index (κ1) is 15.8. The molecule has 5 heteroatoms. The standard InChI is InChI=1S/C16H23NO4/c1-12-10-13(4-5-15(12)20-3)16(18)17-7-9-21-14(11-17)6-8-19-2/h4-5,10,14H,6-9,11H2,1-3H3/t14-/m0/s1. The van der Waals surface area contributed by atoms with Gasteiger partial charge in [0.25, 0.3) is 5.91 Å². The van der Waals surface area contributed by atoms with Crippen LogP contribution in [0.1, 0.15) is 22.3 Å². The Kier molecular flexibility index (Phi) is 5.59. The summed E-state index contributed by atoms with van der Waals surface area (Å²) in [6.45, 7) is 4.42. The lowest BCUT2D eigenvalue weighted by molar-refractivity contribution is -0.0332. The Labute approximate surface area is 125 Å². The molecule has 0 unspecified atom stereocenters. The predicted octanol–water partition coefficient (Wildman–Crippen LogP) is 1.88. The van der Waals surface area contributed by atoms with E-state index in [1.807, 2.05) is 30.0 Å². The first-order chi connectivity index (χ1) is 10.2. The molecule has 0 N–H and O–H groups in total. The van der Waals surface area contributed by atoms with Crippen LogP contribution in [0.25, 0.3) is 0 Å². The van der Waals surface area contributed by atoms with Gasteiger partial charge in [0.05, 0.1) is 19.8 Å². The minimum Gasteiger partial charge on any atom is -0.496 e. The molecule has 1 aliphatic rings. The summed E-state index contributed by atoms with van der Waals surface area (Å²) in [5.74, 6) is 0.845. The van der Waals surface area contributed by atoms with Crippen molar-refractivity contribution in [2.24, 2.45) is 0 Å². The molecule has 21 heavy (non-hydrogen) atoms. The Balaban J connectivity index is 2.03. The fourth-order valence-electron chi connectivity index (χ4n) is 2.52. The SMILES string of the molecule is COCC[C@H]1CN(C(=O)c2ccc(OC)c(C)c2)CCO1. The van der Waals surface area contributed by atoms with Gasteiger partial charge in [-0.2, -0.15) is 0 Å². The van der Waals surface area contributed by atoms with Gasteiger partial charge in [-0.1, -0.05) is 0 Å². The van der Waals surface area contributed by atoms with E-state index < -0.39 is 0 Å². The van der Waals surface area contributed by atoms with Crippen LogP contribution in [0.15, 0.2) is 18.2 Å². The second-order valence-corrected chi connectivity index (χ2v) is 5.21. The lowest BCUT2D eigenvalue weighted by Crippen LogP contribution is -2.46. The molecule has 0 saturated carbocycles. The van der Waals surface area contributed by atoms with E-state index in [2.05, 4.69) is 0 Å². The molecule has 0 aliphatic carbocycles. The van der Waals surface area contributed by atoms with Gasteiger partial charge in [-0.15, -0.1) is 0 Å². The van der Waals surface area contributed by atoms with Crippen LogP contribution >= 0.6 is 0 Å². The van der Waals surface area contributed by atoms with E-state index in [1.165, 1.54) is 0 Å². The van der Waals surface area contributed by atoms with E-state index in [-0.39, 0.29) is 12.0 Å². The zero-order valence-corrected chi connectivity index (χ0v) is 12.9. The highest BCUT2D eigenvalue weighted by molar-refractivity contribution is 5.94. The third kappa shape index (κ3) is 3.95. The molecular formula is C16H23NO4. The minimum atomic E-state index is 0.0477. The molecule has 1 aliphatic heterocycles. The number of rotatable bonds is 5. The van der Waals surface area contributed by atoms with Crippen molar-refractivity contribution in [2.45, 2.75) is 19.4 Å². The molecule has 5 nitrogen and oxygen atoms in total. The average molecular weight is 293 g/mol. The molecule has 1 amide bonds. The first-order valence-corrected chi connectivity index (χ1v) is 7.20. The monoisotopic (exact) mass is 293 g/mol. The van der Waals surface area contributed by atoms with Gasteiger partial charge in [0.1, 0.15) is 5.75 Å². The lowest BCUT2D eigenvalue weighted by atomic mass is 10.1. The zero-order valence-electron chi connectivity index (χ0n) is 12.9. The Morgan fingerprint density at radius 3 is 2.90 bits per heavy atom. The lowest BCUT2D eigenvalue weighted by Gasteiger charge is -2.33. The maximum Gasteiger partial charge on any atom is 0.254 e. The van der Waals surface area contributed by atoms with Gasteiger partial charge in [-0.25, -0.2) is 0 Å². The Morgan fingerprint density at radius 2 is 2.24 bits per heavy atom. The summed E-state index contributed by atoms with van der Waals surface area (Å²) in [5.41, 5.74) is 1.66. The summed E-state index contributed by atoms with van der Waals surface area (Å²) in [4.78, 5) is 14.4. The molecule has 0 radical (unpaired) electrons. The maximum atomic E-state index is 12.6. The van der Waals surface area contributed by atoms with Crippen molar-refractivity contribution < 1.29 is 19.0 Å². The van der Waals surface area contributed by atoms with Crippen LogP contribution in [-0.4, -0.2) is 57.4 Å². The Bertz CT molecular complexity index is 489. The van der Waals surface area contributed by atoms with Crippen LogP contribution < -0.4 is 4.74 Å². The number of amides is 1. The summed E-state index contributed by atoms with van der Waals surface area (Å²) in [7, 11) is 3.30. The summed E-state index contributed by atoms with van der Waals surface area (Å²) < 4.78 is 16.0. The zero-order chi connectivity index (χ0) is 15.2. The molecule has 0 spiro atoms. The van der Waals surface area contributed by atoms with Crippen molar-refractivity contribution in [2.75, 3.05) is 40.5 Å². The van der Waals surface area contributed by atoms with Gasteiger partial charge < -0.3 is 19.1 Å². The highest BCUT2D eigenvalue weighted by Crippen LogP contribution is 2.20. The van der Waals surface area contributed by atoms with E-state index in [9.17, 15) is 4.79 Å². The summed E-state index contributed by atoms with van der Waals surface area (Å²) in [6, 6.07) is 5.53. The second kappa shape index (κ2) is 7.43. The van der Waals surface area contributed by atoms with Gasteiger partial charge >= 0.3 is 0 Å². The topological polar surface area (TPSA) is 48.0 Å². The summed E-state index contributed by atoms with van der Waals surface area (Å²) >= 11 is 0. The number of hydrogen-bond donors (Lipinski definition) is 0. The second-order valence-electron chi connectivity index (χ2n) is 5.21. The number of benzene rings is 1. The van der Waals surface area contributed by atoms with Crippen molar-refractivity contribution >= 4 is 5.91 Å². The van der Waals surface area contributed by atoms with Crippen molar-refractivity contribution in [3.8, 4) is 5.75 Å². The molecule has 0 aromatic heterocycles. The molecule has 1 heterocycles. The number of carbonyl (C=O) groups is 1. The van der Waals surface area contributed by atoms with Crippen LogP contribution in [0.4, 0.5) is 0 Å². The number of hydrogen-bond acceptors (Lipinski definition) is 4. The van der Waals surface area contributed by atoms with E-state index in [4.69, 9.17) is 14.2 Å². The van der Waals surface area contributed by atoms with Crippen LogP contribution in [0.3, 0.4) is 0 Å². The molecule has 116 valence electrons. The number of morpholine rings is 1. The van der Waals surface area contributed by atoms with E-state index in [0.29, 0.717) is 31.9 Å². The third-order valence-corrected chi connectivity index (χ3v) is 3.71. The number of ether oxygens (including phenoxy) is 3. The Hall–Kier alpha value is -1.59. The van der Waals surface area contributed by atoms with Crippen LogP contribution in [0, 0.1) is 6.92 Å². The predicted molar refractivity (Wildman–Crippen MR) is 79.9 cm³/mol. The average Bonchev–Trinajstić information content (AvgIpc) is 2.52. The molecule has 0 bridgehead atoms. The molecule has 1 saturated heterocycles. The molecular weight excluding hydrogens is 270 g/mol. The van der Waals surface area contributed by atoms with Crippen LogP contribution in [0.2, 0.25) is 0 Å². The normalized spacial score (nSPS) is 18.6. The Morgan fingerprint density at radius 1 is 1.43 bits per heavy atom. The summed E-state index contributed by atoms with van der Waals surface area (Å²) in [6.07, 6.45) is 0.865. The third-order valence-electron chi connectivity index (χ3n) is 3.71. The van der Waals surface area contributed by atoms with E-state index in [1.54, 1.807) is 14.2 Å². The van der Waals surface area contributed by atoms with E-state index >= 15 is 0 Å². The fraction of sp³-hybridized carbons (Fsp3) is 0.562. The van der Waals surface area contributed by atoms with Crippen molar-refractivity contribution in [3.63, 3.8) is 0 Å². The summed E-state index contributed by atoms with van der Waals surface area (Å²) in [5, 5.41) is 0. The molecule has 1 aromatic rings. The van der Waals surface area contributed by atoms with Gasteiger partial charge in [-0.3, -0.25) is 4.79 Å². The number of methoxy groups -OCH3 is 2. The number of aryl methyl sites for hydroxylation is 1. The van der Waals surface area contributed by atoms with Gasteiger partial charge in [0, 0.05) is 32.4 Å². The highest BCUT2D eigenvalue weighted by Gasteiger charge is 2.25. The van der Waals surface area contributed by atoms with Crippen molar-refractivity contribution in [1.82, 2.24) is 4.90 Å². The molecule has 2 rings (SSSR count). The number of carbonyl (C=O) groups excluding carboxylic acids is 1. The van der Waals surface area contributed by atoms with Gasteiger partial charge in [0.2, 0.25) is 0 Å². The largest absolute Gasteiger partial charge is 0.496 e. The van der Waals surface area contributed by atoms with Crippen molar-refractivity contribution in [3.05, 3.63) is 29.3 Å². The molecule has 1 atom stereocenters. The highest BCUT2D eigenvalue weighted by atomic mass is 16.5. The smallest absolute Gasteiger partial charge is 0.254 e. The minimum absolute atomic E-state index is 0.0477. The first-order valence-electron chi connectivity index (χ1n) is 7.20. The van der Waals surface area contributed by atoms with Gasteiger partial charge in [-0.05, 0) is 37.1 Å². The molecule has 1 aromatic carbocycles. The van der Waals surface area contributed by atoms with Gasteiger partial charge in [0.15, 0.2) is 0 Å². The van der Waals surface area contributed by atoms with E-state index in [0.717, 1.165) is 17.7 Å². The fourth-order valence-corrected chi connectivity index (χ4v) is 2.52. The molecule has 1 fully saturated rings. The quantitative estimate of drug-likeness (QED) is 0.831.